The largest absolute Gasteiger partial charge is 0.416 e. The van der Waals surface area contributed by atoms with Gasteiger partial charge >= 0.3 is 6.18 Å². The van der Waals surface area contributed by atoms with Crippen molar-refractivity contribution in [1.29, 1.82) is 0 Å². The van der Waals surface area contributed by atoms with Crippen LogP contribution in [0, 0.1) is 0 Å². The lowest BCUT2D eigenvalue weighted by Crippen LogP contribution is -2.33. The molecule has 0 fully saturated rings. The Kier molecular flexibility index (Phi) is 6.05. The van der Waals surface area contributed by atoms with Crippen LogP contribution in [0.1, 0.15) is 22.3 Å². The van der Waals surface area contributed by atoms with Gasteiger partial charge < -0.3 is 4.90 Å². The van der Waals surface area contributed by atoms with E-state index in [0.717, 1.165) is 22.6 Å². The minimum atomic E-state index is -4.51. The molecular weight excluding hydrogens is 429 g/mol. The molecule has 0 unspecified atom stereocenters. The lowest BCUT2D eigenvalue weighted by molar-refractivity contribution is -0.138. The third-order valence-electron chi connectivity index (χ3n) is 5.45. The fourth-order valence-electron chi connectivity index (χ4n) is 3.89. The zero-order chi connectivity index (χ0) is 23.6. The van der Waals surface area contributed by atoms with Crippen LogP contribution in [0.25, 0.3) is 5.57 Å². The summed E-state index contributed by atoms with van der Waals surface area (Å²) < 4.78 is 39.4. The van der Waals surface area contributed by atoms with Gasteiger partial charge in [0.25, 0.3) is 11.8 Å². The molecule has 0 saturated heterocycles. The van der Waals surface area contributed by atoms with Crippen molar-refractivity contribution >= 4 is 17.4 Å². The van der Waals surface area contributed by atoms with E-state index in [1.54, 1.807) is 42.3 Å². The van der Waals surface area contributed by atoms with Crippen LogP contribution >= 0.6 is 0 Å². The fourth-order valence-corrected chi connectivity index (χ4v) is 3.89. The van der Waals surface area contributed by atoms with Gasteiger partial charge in [-0.1, -0.05) is 72.8 Å². The maximum absolute atomic E-state index is 13.4. The van der Waals surface area contributed by atoms with E-state index in [4.69, 9.17) is 0 Å². The molecule has 0 aliphatic carbocycles. The van der Waals surface area contributed by atoms with E-state index in [9.17, 15) is 22.8 Å². The highest BCUT2D eigenvalue weighted by atomic mass is 19.4. The van der Waals surface area contributed by atoms with Crippen molar-refractivity contribution < 1.29 is 22.8 Å². The monoisotopic (exact) mass is 450 g/mol. The fraction of sp³-hybridized carbons (Fsp3) is 0.154. The average molecular weight is 450 g/mol. The summed E-state index contributed by atoms with van der Waals surface area (Å²) in [5, 5.41) is 0. The molecule has 4 rings (SSSR count). The molecule has 0 N–H and O–H groups in total. The maximum Gasteiger partial charge on any atom is 0.416 e. The number of amides is 2. The van der Waals surface area contributed by atoms with Crippen LogP contribution in [0.15, 0.2) is 90.6 Å². The number of hydrogen-bond donors (Lipinski definition) is 0. The maximum atomic E-state index is 13.4. The molecule has 0 saturated carbocycles. The Hall–Kier alpha value is -3.87. The molecule has 7 heteroatoms. The third kappa shape index (κ3) is 4.67. The number of hydrogen-bond acceptors (Lipinski definition) is 3. The smallest absolute Gasteiger partial charge is 0.365 e. The molecule has 33 heavy (non-hydrogen) atoms. The standard InChI is InChI=1S/C26H21F3N2O2/c1-30(16-18-9-4-2-5-10-18)23-22(20-12-6-3-7-13-20)24(32)31(25(23)33)17-19-11-8-14-21(15-19)26(27,28)29/h2-15H,16-17H2,1H3. The van der Waals surface area contributed by atoms with Crippen LogP contribution in [-0.2, 0) is 28.9 Å². The predicted molar refractivity (Wildman–Crippen MR) is 118 cm³/mol. The van der Waals surface area contributed by atoms with Crippen molar-refractivity contribution in [3.63, 3.8) is 0 Å². The lowest BCUT2D eigenvalue weighted by atomic mass is 10.0. The highest BCUT2D eigenvalue weighted by molar-refractivity contribution is 6.35. The van der Waals surface area contributed by atoms with E-state index >= 15 is 0 Å². The summed E-state index contributed by atoms with van der Waals surface area (Å²) in [6, 6.07) is 23.0. The van der Waals surface area contributed by atoms with Crippen LogP contribution < -0.4 is 0 Å². The first-order valence-corrected chi connectivity index (χ1v) is 10.3. The summed E-state index contributed by atoms with van der Waals surface area (Å²) in [6.07, 6.45) is -4.51. The molecule has 2 amide bonds. The number of benzene rings is 3. The van der Waals surface area contributed by atoms with E-state index < -0.39 is 23.6 Å². The zero-order valence-electron chi connectivity index (χ0n) is 17.8. The average Bonchev–Trinajstić information content (AvgIpc) is 3.05. The topological polar surface area (TPSA) is 40.6 Å². The Morgan fingerprint density at radius 3 is 2.03 bits per heavy atom. The number of alkyl halides is 3. The zero-order valence-corrected chi connectivity index (χ0v) is 17.8. The number of imide groups is 1. The molecule has 0 spiro atoms. The van der Waals surface area contributed by atoms with Crippen LogP contribution in [0.2, 0.25) is 0 Å². The molecule has 0 aromatic heterocycles. The molecule has 3 aromatic rings. The summed E-state index contributed by atoms with van der Waals surface area (Å²) in [7, 11) is 1.73. The lowest BCUT2D eigenvalue weighted by Gasteiger charge is -2.22. The van der Waals surface area contributed by atoms with Crippen LogP contribution in [-0.4, -0.2) is 28.7 Å². The Morgan fingerprint density at radius 1 is 0.788 bits per heavy atom. The van der Waals surface area contributed by atoms with Gasteiger partial charge in [0.1, 0.15) is 5.70 Å². The first-order valence-electron chi connectivity index (χ1n) is 10.3. The summed E-state index contributed by atoms with van der Waals surface area (Å²) in [4.78, 5) is 29.5. The SMILES string of the molecule is CN(Cc1ccccc1)C1=C(c2ccccc2)C(=O)N(Cc2cccc(C(F)(F)F)c2)C1=O. The van der Waals surface area contributed by atoms with E-state index in [2.05, 4.69) is 0 Å². The minimum absolute atomic E-state index is 0.224. The second kappa shape index (κ2) is 8.94. The highest BCUT2D eigenvalue weighted by Gasteiger charge is 2.41. The van der Waals surface area contributed by atoms with Crippen molar-refractivity contribution in [2.75, 3.05) is 7.05 Å². The van der Waals surface area contributed by atoms with Crippen LogP contribution in [0.4, 0.5) is 13.2 Å². The number of nitrogens with zero attached hydrogens (tertiary/aromatic N) is 2. The van der Waals surface area contributed by atoms with Gasteiger partial charge in [-0.15, -0.1) is 0 Å². The van der Waals surface area contributed by atoms with Gasteiger partial charge in [0.15, 0.2) is 0 Å². The summed E-state index contributed by atoms with van der Waals surface area (Å²) >= 11 is 0. The molecule has 0 atom stereocenters. The quantitative estimate of drug-likeness (QED) is 0.490. The van der Waals surface area contributed by atoms with Crippen molar-refractivity contribution in [2.24, 2.45) is 0 Å². The van der Waals surface area contributed by atoms with E-state index in [1.165, 1.54) is 12.1 Å². The number of rotatable bonds is 6. The molecule has 4 nitrogen and oxygen atoms in total. The first-order chi connectivity index (χ1) is 15.8. The van der Waals surface area contributed by atoms with Crippen LogP contribution in [0.5, 0.6) is 0 Å². The van der Waals surface area contributed by atoms with Crippen molar-refractivity contribution in [3.05, 3.63) is 113 Å². The predicted octanol–water partition coefficient (Wildman–Crippen LogP) is 5.12. The second-order valence-electron chi connectivity index (χ2n) is 7.83. The summed E-state index contributed by atoms with van der Waals surface area (Å²) in [6.45, 7) is 0.142. The molecule has 1 aliphatic heterocycles. The van der Waals surface area contributed by atoms with Crippen molar-refractivity contribution in [3.8, 4) is 0 Å². The van der Waals surface area contributed by atoms with Gasteiger partial charge in [-0.25, -0.2) is 0 Å². The van der Waals surface area contributed by atoms with E-state index in [1.807, 2.05) is 30.3 Å². The van der Waals surface area contributed by atoms with Gasteiger partial charge in [0.2, 0.25) is 0 Å². The van der Waals surface area contributed by atoms with E-state index in [-0.39, 0.29) is 23.4 Å². The number of carbonyl (C=O) groups is 2. The Balaban J connectivity index is 1.69. The Morgan fingerprint density at radius 2 is 1.39 bits per heavy atom. The molecule has 3 aromatic carbocycles. The minimum Gasteiger partial charge on any atom is -0.365 e. The van der Waals surface area contributed by atoms with Crippen molar-refractivity contribution in [2.45, 2.75) is 19.3 Å². The Labute approximate surface area is 189 Å². The van der Waals surface area contributed by atoms with Gasteiger partial charge in [0, 0.05) is 13.6 Å². The molecule has 168 valence electrons. The van der Waals surface area contributed by atoms with Gasteiger partial charge in [-0.3, -0.25) is 14.5 Å². The first kappa shape index (κ1) is 22.3. The van der Waals surface area contributed by atoms with Gasteiger partial charge in [-0.05, 0) is 28.8 Å². The molecule has 0 radical (unpaired) electrons. The van der Waals surface area contributed by atoms with Crippen LogP contribution in [0.3, 0.4) is 0 Å². The molecule has 0 bridgehead atoms. The van der Waals surface area contributed by atoms with Gasteiger partial charge in [-0.2, -0.15) is 13.2 Å². The number of likely N-dealkylation sites (N-methyl/N-ethyl adjacent to an activating group) is 1. The van der Waals surface area contributed by atoms with Crippen molar-refractivity contribution in [1.82, 2.24) is 9.80 Å². The summed E-state index contributed by atoms with van der Waals surface area (Å²) in [5.74, 6) is -1.06. The normalized spacial score (nSPS) is 14.2. The number of carbonyl (C=O) groups excluding carboxylic acids is 2. The second-order valence-corrected chi connectivity index (χ2v) is 7.83. The summed E-state index contributed by atoms with van der Waals surface area (Å²) in [5.41, 5.74) is 1.41. The molecule has 1 aliphatic rings. The highest BCUT2D eigenvalue weighted by Crippen LogP contribution is 2.34. The number of halogens is 3. The molecule has 1 heterocycles. The van der Waals surface area contributed by atoms with Gasteiger partial charge in [0.05, 0.1) is 17.7 Å². The van der Waals surface area contributed by atoms with E-state index in [0.29, 0.717) is 12.1 Å². The molecular formula is C26H21F3N2O2. The third-order valence-corrected chi connectivity index (χ3v) is 5.45. The Bertz CT molecular complexity index is 1200.